The van der Waals surface area contributed by atoms with Crippen molar-refractivity contribution in [3.63, 3.8) is 0 Å². The maximum Gasteiger partial charge on any atom is 0.573 e. The standard InChI is InChI=1S/C15H10ClF3N2O4/c16-11-6-5-9(7-12(11)21(23)24)14(22)20-8-10-3-1-2-4-13(10)25-15(17,18)19/h1-7H,8H2,(H,20,22). The van der Waals surface area contributed by atoms with Crippen molar-refractivity contribution in [2.75, 3.05) is 0 Å². The Balaban J connectivity index is 2.13. The van der Waals surface area contributed by atoms with Gasteiger partial charge >= 0.3 is 6.36 Å². The predicted molar refractivity (Wildman–Crippen MR) is 82.4 cm³/mol. The third kappa shape index (κ3) is 5.08. The van der Waals surface area contributed by atoms with Crippen LogP contribution in [0.15, 0.2) is 42.5 Å². The maximum atomic E-state index is 12.4. The fraction of sp³-hybridized carbons (Fsp3) is 0.133. The van der Waals surface area contributed by atoms with E-state index in [0.29, 0.717) is 0 Å². The van der Waals surface area contributed by atoms with Crippen LogP contribution in [0.1, 0.15) is 15.9 Å². The molecule has 1 N–H and O–H groups in total. The average Bonchev–Trinajstić information content (AvgIpc) is 2.52. The fourth-order valence-corrected chi connectivity index (χ4v) is 2.13. The van der Waals surface area contributed by atoms with Crippen LogP contribution in [0, 0.1) is 10.1 Å². The van der Waals surface area contributed by atoms with Gasteiger partial charge in [0.05, 0.1) is 4.92 Å². The first kappa shape index (κ1) is 18.5. The third-order valence-corrected chi connectivity index (χ3v) is 3.36. The normalized spacial score (nSPS) is 11.0. The number of hydrogen-bond donors (Lipinski definition) is 1. The van der Waals surface area contributed by atoms with Crippen LogP contribution in [0.3, 0.4) is 0 Å². The highest BCUT2D eigenvalue weighted by molar-refractivity contribution is 6.32. The van der Waals surface area contributed by atoms with Crippen LogP contribution in [-0.4, -0.2) is 17.2 Å². The first-order valence-corrected chi connectivity index (χ1v) is 7.11. The number of ether oxygens (including phenoxy) is 1. The summed E-state index contributed by atoms with van der Waals surface area (Å²) in [5, 5.41) is 13.1. The number of nitro groups is 1. The van der Waals surface area contributed by atoms with Crippen molar-refractivity contribution in [1.29, 1.82) is 0 Å². The summed E-state index contributed by atoms with van der Waals surface area (Å²) in [4.78, 5) is 22.1. The average molecular weight is 375 g/mol. The molecule has 0 aliphatic heterocycles. The summed E-state index contributed by atoms with van der Waals surface area (Å²) >= 11 is 5.65. The summed E-state index contributed by atoms with van der Waals surface area (Å²) in [6.07, 6.45) is -4.86. The topological polar surface area (TPSA) is 81.5 Å². The van der Waals surface area contributed by atoms with Gasteiger partial charge in [-0.05, 0) is 18.2 Å². The van der Waals surface area contributed by atoms with E-state index in [2.05, 4.69) is 10.1 Å². The van der Waals surface area contributed by atoms with Crippen LogP contribution >= 0.6 is 11.6 Å². The zero-order valence-corrected chi connectivity index (χ0v) is 13.1. The van der Waals surface area contributed by atoms with Gasteiger partial charge in [0.25, 0.3) is 11.6 Å². The van der Waals surface area contributed by atoms with Crippen LogP contribution in [0.4, 0.5) is 18.9 Å². The molecule has 1 amide bonds. The van der Waals surface area contributed by atoms with Crippen molar-refractivity contribution in [3.05, 3.63) is 68.7 Å². The first-order chi connectivity index (χ1) is 11.7. The Morgan fingerprint density at radius 2 is 1.92 bits per heavy atom. The molecule has 0 radical (unpaired) electrons. The van der Waals surface area contributed by atoms with Crippen molar-refractivity contribution in [1.82, 2.24) is 5.32 Å². The number of carbonyl (C=O) groups excluding carboxylic acids is 1. The number of amides is 1. The summed E-state index contributed by atoms with van der Waals surface area (Å²) in [7, 11) is 0. The molecule has 0 atom stereocenters. The Hall–Kier alpha value is -2.81. The molecule has 0 bridgehead atoms. The Kier molecular flexibility index (Phi) is 5.48. The van der Waals surface area contributed by atoms with Crippen LogP contribution in [0.25, 0.3) is 0 Å². The van der Waals surface area contributed by atoms with E-state index in [4.69, 9.17) is 11.6 Å². The number of nitro benzene ring substituents is 1. The summed E-state index contributed by atoms with van der Waals surface area (Å²) < 4.78 is 41.0. The minimum absolute atomic E-state index is 0.0506. The molecule has 2 rings (SSSR count). The van der Waals surface area contributed by atoms with Gasteiger partial charge in [0.15, 0.2) is 0 Å². The van der Waals surface area contributed by atoms with E-state index in [1.54, 1.807) is 0 Å². The molecule has 10 heteroatoms. The van der Waals surface area contributed by atoms with E-state index in [1.807, 2.05) is 0 Å². The molecule has 6 nitrogen and oxygen atoms in total. The SMILES string of the molecule is O=C(NCc1ccccc1OC(F)(F)F)c1ccc(Cl)c([N+](=O)[O-])c1. The summed E-state index contributed by atoms with van der Waals surface area (Å²) in [5.41, 5.74) is -0.405. The van der Waals surface area contributed by atoms with Gasteiger partial charge in [-0.3, -0.25) is 14.9 Å². The predicted octanol–water partition coefficient (Wildman–Crippen LogP) is 4.08. The maximum absolute atomic E-state index is 12.4. The van der Waals surface area contributed by atoms with Gasteiger partial charge in [-0.25, -0.2) is 0 Å². The van der Waals surface area contributed by atoms with Gasteiger partial charge in [-0.15, -0.1) is 13.2 Å². The molecule has 0 spiro atoms. The highest BCUT2D eigenvalue weighted by atomic mass is 35.5. The van der Waals surface area contributed by atoms with Gasteiger partial charge in [0.1, 0.15) is 10.8 Å². The molecule has 0 saturated heterocycles. The fourth-order valence-electron chi connectivity index (χ4n) is 1.95. The third-order valence-electron chi connectivity index (χ3n) is 3.04. The lowest BCUT2D eigenvalue weighted by Gasteiger charge is -2.13. The molecular formula is C15H10ClF3N2O4. The van der Waals surface area contributed by atoms with Crippen LogP contribution < -0.4 is 10.1 Å². The van der Waals surface area contributed by atoms with E-state index in [0.717, 1.165) is 12.1 Å². The zero-order chi connectivity index (χ0) is 18.6. The molecule has 0 aromatic heterocycles. The molecule has 0 fully saturated rings. The van der Waals surface area contributed by atoms with Gasteiger partial charge in [-0.2, -0.15) is 0 Å². The number of nitrogens with one attached hydrogen (secondary N) is 1. The van der Waals surface area contributed by atoms with E-state index >= 15 is 0 Å². The second kappa shape index (κ2) is 7.39. The highest BCUT2D eigenvalue weighted by Crippen LogP contribution is 2.27. The minimum Gasteiger partial charge on any atom is -0.405 e. The molecule has 132 valence electrons. The first-order valence-electron chi connectivity index (χ1n) is 6.73. The number of para-hydroxylation sites is 1. The van der Waals surface area contributed by atoms with Crippen molar-refractivity contribution in [3.8, 4) is 5.75 Å². The van der Waals surface area contributed by atoms with E-state index in [1.165, 1.54) is 30.3 Å². The molecule has 25 heavy (non-hydrogen) atoms. The second-order valence-corrected chi connectivity index (χ2v) is 5.17. The van der Waals surface area contributed by atoms with E-state index in [-0.39, 0.29) is 22.7 Å². The smallest absolute Gasteiger partial charge is 0.405 e. The minimum atomic E-state index is -4.86. The summed E-state index contributed by atoms with van der Waals surface area (Å²) in [6, 6.07) is 8.74. The number of rotatable bonds is 5. The Labute approximate surface area is 144 Å². The zero-order valence-electron chi connectivity index (χ0n) is 12.3. The molecule has 0 saturated carbocycles. The Morgan fingerprint density at radius 3 is 2.56 bits per heavy atom. The Morgan fingerprint density at radius 1 is 1.24 bits per heavy atom. The van der Waals surface area contributed by atoms with Gasteiger partial charge in [0, 0.05) is 23.7 Å². The van der Waals surface area contributed by atoms with E-state index < -0.39 is 28.6 Å². The van der Waals surface area contributed by atoms with Crippen molar-refractivity contribution < 1.29 is 27.6 Å². The molecule has 0 unspecified atom stereocenters. The van der Waals surface area contributed by atoms with Crippen molar-refractivity contribution in [2.45, 2.75) is 12.9 Å². The highest BCUT2D eigenvalue weighted by Gasteiger charge is 2.32. The molecule has 0 aliphatic carbocycles. The number of halogens is 4. The molecule has 2 aromatic rings. The van der Waals surface area contributed by atoms with Gasteiger partial charge < -0.3 is 10.1 Å². The number of nitrogens with zero attached hydrogens (tertiary/aromatic N) is 1. The largest absolute Gasteiger partial charge is 0.573 e. The molecule has 2 aromatic carbocycles. The van der Waals surface area contributed by atoms with Gasteiger partial charge in [0.2, 0.25) is 0 Å². The van der Waals surface area contributed by atoms with Gasteiger partial charge in [-0.1, -0.05) is 29.8 Å². The lowest BCUT2D eigenvalue weighted by atomic mass is 10.1. The number of alkyl halides is 3. The lowest BCUT2D eigenvalue weighted by Crippen LogP contribution is -2.24. The molecule has 0 aliphatic rings. The second-order valence-electron chi connectivity index (χ2n) is 4.76. The quantitative estimate of drug-likeness (QED) is 0.631. The van der Waals surface area contributed by atoms with Crippen LogP contribution in [-0.2, 0) is 6.54 Å². The molecule has 0 heterocycles. The van der Waals surface area contributed by atoms with Crippen LogP contribution in [0.5, 0.6) is 5.75 Å². The number of carbonyl (C=O) groups is 1. The van der Waals surface area contributed by atoms with Crippen molar-refractivity contribution in [2.24, 2.45) is 0 Å². The van der Waals surface area contributed by atoms with E-state index in [9.17, 15) is 28.1 Å². The summed E-state index contributed by atoms with van der Waals surface area (Å²) in [5.74, 6) is -1.15. The Bertz CT molecular complexity index is 812. The summed E-state index contributed by atoms with van der Waals surface area (Å²) in [6.45, 7) is -0.262. The lowest BCUT2D eigenvalue weighted by molar-refractivity contribution is -0.384. The number of benzene rings is 2. The molecular weight excluding hydrogens is 365 g/mol. The monoisotopic (exact) mass is 374 g/mol. The number of hydrogen-bond acceptors (Lipinski definition) is 4. The van der Waals surface area contributed by atoms with Crippen LogP contribution in [0.2, 0.25) is 5.02 Å². The van der Waals surface area contributed by atoms with Crippen molar-refractivity contribution >= 4 is 23.2 Å².